The number of rotatable bonds is 5. The van der Waals surface area contributed by atoms with Crippen molar-refractivity contribution in [2.45, 2.75) is 13.1 Å². The molecule has 0 saturated carbocycles. The van der Waals surface area contributed by atoms with Crippen molar-refractivity contribution in [2.24, 2.45) is 0 Å². The highest BCUT2D eigenvalue weighted by Gasteiger charge is 2.10. The van der Waals surface area contributed by atoms with Crippen LogP contribution in [0, 0.1) is 0 Å². The number of carbonyl (C=O) groups is 1. The molecule has 1 N–H and O–H groups in total. The van der Waals surface area contributed by atoms with Gasteiger partial charge in [-0.1, -0.05) is 36.4 Å². The van der Waals surface area contributed by atoms with Gasteiger partial charge in [-0.15, -0.1) is 0 Å². The first kappa shape index (κ1) is 16.0. The third kappa shape index (κ3) is 3.47. The molecule has 0 aliphatic rings. The van der Waals surface area contributed by atoms with Gasteiger partial charge in [-0.3, -0.25) is 9.78 Å². The minimum Gasteiger partial charge on any atom is -0.348 e. The molecule has 5 heteroatoms. The highest BCUT2D eigenvalue weighted by atomic mass is 16.1. The number of benzene rings is 2. The van der Waals surface area contributed by atoms with Crippen LogP contribution in [0.3, 0.4) is 0 Å². The molecule has 0 spiro atoms. The molecule has 1 amide bonds. The van der Waals surface area contributed by atoms with Crippen molar-refractivity contribution in [3.8, 4) is 0 Å². The quantitative estimate of drug-likeness (QED) is 0.605. The standard InChI is InChI=1S/C21H18N4O/c26-21(19-6-2-8-20-18(19)7-3-9-23-20)24-13-16-4-1-5-17(12-16)14-25-11-10-22-15-25/h1-12,15H,13-14H2,(H,24,26). The minimum atomic E-state index is -0.0939. The summed E-state index contributed by atoms with van der Waals surface area (Å²) in [6, 6.07) is 17.6. The molecule has 0 bridgehead atoms. The second-order valence-corrected chi connectivity index (χ2v) is 6.11. The summed E-state index contributed by atoms with van der Waals surface area (Å²) < 4.78 is 2.01. The van der Waals surface area contributed by atoms with Crippen LogP contribution >= 0.6 is 0 Å². The van der Waals surface area contributed by atoms with Crippen molar-refractivity contribution >= 4 is 16.8 Å². The summed E-state index contributed by atoms with van der Waals surface area (Å²) in [7, 11) is 0. The minimum absolute atomic E-state index is 0.0939. The molecule has 0 aliphatic heterocycles. The highest BCUT2D eigenvalue weighted by molar-refractivity contribution is 6.06. The fourth-order valence-corrected chi connectivity index (χ4v) is 3.01. The van der Waals surface area contributed by atoms with E-state index >= 15 is 0 Å². The number of fused-ring (bicyclic) bond motifs is 1. The van der Waals surface area contributed by atoms with Crippen molar-refractivity contribution in [3.05, 3.63) is 96.2 Å². The number of aromatic nitrogens is 3. The van der Waals surface area contributed by atoms with E-state index in [0.29, 0.717) is 12.1 Å². The Morgan fingerprint density at radius 2 is 1.88 bits per heavy atom. The van der Waals surface area contributed by atoms with E-state index in [1.807, 2.05) is 53.2 Å². The normalized spacial score (nSPS) is 10.8. The topological polar surface area (TPSA) is 59.8 Å². The van der Waals surface area contributed by atoms with E-state index < -0.39 is 0 Å². The van der Waals surface area contributed by atoms with Crippen LogP contribution < -0.4 is 5.32 Å². The number of hydrogen-bond donors (Lipinski definition) is 1. The predicted molar refractivity (Wildman–Crippen MR) is 101 cm³/mol. The lowest BCUT2D eigenvalue weighted by Crippen LogP contribution is -2.23. The van der Waals surface area contributed by atoms with E-state index in [2.05, 4.69) is 27.4 Å². The van der Waals surface area contributed by atoms with Crippen molar-refractivity contribution < 1.29 is 4.79 Å². The van der Waals surface area contributed by atoms with Gasteiger partial charge in [-0.2, -0.15) is 0 Å². The molecule has 0 atom stereocenters. The molecule has 2 heterocycles. The Morgan fingerprint density at radius 1 is 1.00 bits per heavy atom. The first-order valence-electron chi connectivity index (χ1n) is 8.45. The predicted octanol–water partition coefficient (Wildman–Crippen LogP) is 3.41. The third-order valence-electron chi connectivity index (χ3n) is 4.26. The maximum atomic E-state index is 12.6. The lowest BCUT2D eigenvalue weighted by molar-refractivity contribution is 0.0952. The van der Waals surface area contributed by atoms with Crippen LogP contribution in [0.25, 0.3) is 10.9 Å². The summed E-state index contributed by atoms with van der Waals surface area (Å²) in [5.41, 5.74) is 3.70. The Bertz CT molecular complexity index is 1040. The highest BCUT2D eigenvalue weighted by Crippen LogP contribution is 2.16. The SMILES string of the molecule is O=C(NCc1cccc(Cn2ccnc2)c1)c1cccc2ncccc12. The number of carbonyl (C=O) groups excluding carboxylic acids is 1. The van der Waals surface area contributed by atoms with Crippen LogP contribution in [0.5, 0.6) is 0 Å². The summed E-state index contributed by atoms with van der Waals surface area (Å²) in [4.78, 5) is 21.0. The lowest BCUT2D eigenvalue weighted by atomic mass is 10.1. The Kier molecular flexibility index (Phi) is 4.43. The Labute approximate surface area is 151 Å². The van der Waals surface area contributed by atoms with Crippen molar-refractivity contribution in [1.82, 2.24) is 19.9 Å². The summed E-state index contributed by atoms with van der Waals surface area (Å²) in [5, 5.41) is 3.87. The zero-order chi connectivity index (χ0) is 17.8. The number of hydrogen-bond acceptors (Lipinski definition) is 3. The molecular formula is C21H18N4O. The molecular weight excluding hydrogens is 324 g/mol. The maximum Gasteiger partial charge on any atom is 0.252 e. The van der Waals surface area contributed by atoms with Crippen molar-refractivity contribution in [2.75, 3.05) is 0 Å². The van der Waals surface area contributed by atoms with Gasteiger partial charge in [0.2, 0.25) is 0 Å². The third-order valence-corrected chi connectivity index (χ3v) is 4.26. The van der Waals surface area contributed by atoms with Gasteiger partial charge in [0.1, 0.15) is 0 Å². The zero-order valence-corrected chi connectivity index (χ0v) is 14.2. The fourth-order valence-electron chi connectivity index (χ4n) is 3.01. The monoisotopic (exact) mass is 342 g/mol. The zero-order valence-electron chi connectivity index (χ0n) is 14.2. The van der Waals surface area contributed by atoms with E-state index in [-0.39, 0.29) is 5.91 Å². The second kappa shape index (κ2) is 7.19. The van der Waals surface area contributed by atoms with E-state index in [4.69, 9.17) is 0 Å². The van der Waals surface area contributed by atoms with Crippen molar-refractivity contribution in [3.63, 3.8) is 0 Å². The molecule has 2 aromatic carbocycles. The summed E-state index contributed by atoms with van der Waals surface area (Å²) in [6.07, 6.45) is 7.23. The summed E-state index contributed by atoms with van der Waals surface area (Å²) >= 11 is 0. The van der Waals surface area contributed by atoms with Crippen LogP contribution in [-0.4, -0.2) is 20.4 Å². The van der Waals surface area contributed by atoms with Crippen LogP contribution in [0.4, 0.5) is 0 Å². The first-order valence-corrected chi connectivity index (χ1v) is 8.45. The molecule has 4 aromatic rings. The molecule has 0 unspecified atom stereocenters. The van der Waals surface area contributed by atoms with Crippen LogP contribution in [-0.2, 0) is 13.1 Å². The van der Waals surface area contributed by atoms with Crippen LogP contribution in [0.2, 0.25) is 0 Å². The molecule has 0 radical (unpaired) electrons. The average Bonchev–Trinajstić information content (AvgIpc) is 3.19. The van der Waals surface area contributed by atoms with Gasteiger partial charge in [0, 0.05) is 42.6 Å². The lowest BCUT2D eigenvalue weighted by Gasteiger charge is -2.09. The molecule has 0 aliphatic carbocycles. The van der Waals surface area contributed by atoms with Gasteiger partial charge in [-0.25, -0.2) is 4.98 Å². The van der Waals surface area contributed by atoms with Crippen LogP contribution in [0.15, 0.2) is 79.5 Å². The Balaban J connectivity index is 1.47. The number of imidazole rings is 1. The number of amides is 1. The summed E-state index contributed by atoms with van der Waals surface area (Å²) in [5.74, 6) is -0.0939. The first-order chi connectivity index (χ1) is 12.8. The van der Waals surface area contributed by atoms with Gasteiger partial charge in [0.25, 0.3) is 5.91 Å². The van der Waals surface area contributed by atoms with Crippen LogP contribution in [0.1, 0.15) is 21.5 Å². The maximum absolute atomic E-state index is 12.6. The molecule has 5 nitrogen and oxygen atoms in total. The van der Waals surface area contributed by atoms with Gasteiger partial charge >= 0.3 is 0 Å². The summed E-state index contributed by atoms with van der Waals surface area (Å²) in [6.45, 7) is 1.24. The number of nitrogens with zero attached hydrogens (tertiary/aromatic N) is 3. The molecule has 0 fully saturated rings. The largest absolute Gasteiger partial charge is 0.348 e. The van der Waals surface area contributed by atoms with E-state index in [9.17, 15) is 4.79 Å². The number of pyridine rings is 1. The Morgan fingerprint density at radius 3 is 2.77 bits per heavy atom. The van der Waals surface area contributed by atoms with E-state index in [1.54, 1.807) is 18.7 Å². The molecule has 26 heavy (non-hydrogen) atoms. The molecule has 4 rings (SSSR count). The Hall–Kier alpha value is -3.47. The second-order valence-electron chi connectivity index (χ2n) is 6.11. The van der Waals surface area contributed by atoms with Gasteiger partial charge in [0.15, 0.2) is 0 Å². The molecule has 0 saturated heterocycles. The van der Waals surface area contributed by atoms with Crippen molar-refractivity contribution in [1.29, 1.82) is 0 Å². The van der Waals surface area contributed by atoms with E-state index in [0.717, 1.165) is 23.0 Å². The van der Waals surface area contributed by atoms with Gasteiger partial charge in [0.05, 0.1) is 11.8 Å². The van der Waals surface area contributed by atoms with E-state index in [1.165, 1.54) is 5.56 Å². The van der Waals surface area contributed by atoms with Gasteiger partial charge in [-0.05, 0) is 29.3 Å². The average molecular weight is 342 g/mol. The van der Waals surface area contributed by atoms with Gasteiger partial charge < -0.3 is 9.88 Å². The fraction of sp³-hybridized carbons (Fsp3) is 0.0952. The molecule has 2 aromatic heterocycles. The number of nitrogens with one attached hydrogen (secondary N) is 1. The smallest absolute Gasteiger partial charge is 0.252 e. The molecule has 128 valence electrons.